The van der Waals surface area contributed by atoms with Crippen LogP contribution in [0.25, 0.3) is 78.4 Å². The Kier molecular flexibility index (Phi) is 7.69. The SMILES string of the molecule is c1ccc(-c2nc(-c3ccccc3)nc(-c3ccc4c(c3)C3(c5cc(-c6cccc(-c7nccc8ccccc78)c6)ccc5O4)c4ccccc4-c4ccccc43)n2)cc1. The van der Waals surface area contributed by atoms with Crippen molar-refractivity contribution in [3.63, 3.8) is 0 Å². The quantitative estimate of drug-likeness (QED) is 0.175. The van der Waals surface area contributed by atoms with E-state index in [9.17, 15) is 0 Å². The zero-order valence-corrected chi connectivity index (χ0v) is 32.3. The Morgan fingerprint density at radius 3 is 1.52 bits per heavy atom. The van der Waals surface area contributed by atoms with Crippen LogP contribution in [0.2, 0.25) is 0 Å². The van der Waals surface area contributed by atoms with Crippen molar-refractivity contribution < 1.29 is 4.74 Å². The molecule has 2 aromatic heterocycles. The highest BCUT2D eigenvalue weighted by Crippen LogP contribution is 2.62. The molecule has 0 unspecified atom stereocenters. The molecule has 2 aliphatic rings. The van der Waals surface area contributed by atoms with Gasteiger partial charge in [0.2, 0.25) is 0 Å². The van der Waals surface area contributed by atoms with Gasteiger partial charge in [-0.3, -0.25) is 4.98 Å². The number of benzene rings is 8. The van der Waals surface area contributed by atoms with Gasteiger partial charge in [-0.1, -0.05) is 158 Å². The van der Waals surface area contributed by atoms with Crippen LogP contribution in [0.3, 0.4) is 0 Å². The van der Waals surface area contributed by atoms with Crippen molar-refractivity contribution in [2.45, 2.75) is 5.41 Å². The van der Waals surface area contributed by atoms with E-state index in [-0.39, 0.29) is 0 Å². The summed E-state index contributed by atoms with van der Waals surface area (Å²) >= 11 is 0. The van der Waals surface area contributed by atoms with Crippen LogP contribution in [-0.4, -0.2) is 19.9 Å². The zero-order valence-electron chi connectivity index (χ0n) is 32.3. The molecule has 10 aromatic rings. The first kappa shape index (κ1) is 34.1. The van der Waals surface area contributed by atoms with Crippen molar-refractivity contribution in [3.8, 4) is 79.2 Å². The number of hydrogen-bond donors (Lipinski definition) is 0. The van der Waals surface area contributed by atoms with Crippen molar-refractivity contribution >= 4 is 10.8 Å². The number of nitrogens with zero attached hydrogens (tertiary/aromatic N) is 4. The standard InChI is InChI=1S/C55H34N4O/c1-3-15-36(16-4-1)52-57-53(37-17-5-2-6-18-37)59-54(58-52)41-27-29-50-48(34-41)55(45-24-11-9-22-43(45)44-23-10-12-25-46(44)55)47-33-39(26-28-49(47)60-50)38-19-13-20-40(32-38)51-42-21-8-7-14-35(42)30-31-56-51/h1-34H. The monoisotopic (exact) mass is 766 g/mol. The first-order chi connectivity index (χ1) is 29.7. The lowest BCUT2D eigenvalue weighted by atomic mass is 9.65. The number of aromatic nitrogens is 4. The molecule has 1 spiro atoms. The van der Waals surface area contributed by atoms with Crippen molar-refractivity contribution in [3.05, 3.63) is 229 Å². The summed E-state index contributed by atoms with van der Waals surface area (Å²) in [5.74, 6) is 3.47. The Balaban J connectivity index is 1.08. The third-order valence-electron chi connectivity index (χ3n) is 12.0. The number of rotatable bonds is 5. The van der Waals surface area contributed by atoms with Gasteiger partial charge in [0.05, 0.1) is 11.1 Å². The molecule has 1 aliphatic carbocycles. The molecule has 12 rings (SSSR count). The van der Waals surface area contributed by atoms with E-state index in [4.69, 9.17) is 24.7 Å². The summed E-state index contributed by atoms with van der Waals surface area (Å²) in [6, 6.07) is 70.1. The third-order valence-corrected chi connectivity index (χ3v) is 12.0. The van der Waals surface area contributed by atoms with Gasteiger partial charge in [-0.15, -0.1) is 0 Å². The topological polar surface area (TPSA) is 60.8 Å². The summed E-state index contributed by atoms with van der Waals surface area (Å²) in [5.41, 5.74) is 13.3. The summed E-state index contributed by atoms with van der Waals surface area (Å²) in [4.78, 5) is 20.1. The maximum absolute atomic E-state index is 6.94. The maximum atomic E-state index is 6.94. The van der Waals surface area contributed by atoms with E-state index in [2.05, 4.69) is 140 Å². The lowest BCUT2D eigenvalue weighted by Crippen LogP contribution is -2.32. The van der Waals surface area contributed by atoms with Crippen LogP contribution in [-0.2, 0) is 5.41 Å². The fraction of sp³-hybridized carbons (Fsp3) is 0.0182. The molecule has 1 aliphatic heterocycles. The molecule has 0 saturated carbocycles. The minimum absolute atomic E-state index is 0.596. The predicted molar refractivity (Wildman–Crippen MR) is 240 cm³/mol. The lowest BCUT2D eigenvalue weighted by molar-refractivity contribution is 0.436. The average Bonchev–Trinajstić information content (AvgIpc) is 3.62. The molecule has 8 aromatic carbocycles. The second-order valence-corrected chi connectivity index (χ2v) is 15.4. The van der Waals surface area contributed by atoms with Gasteiger partial charge in [0.1, 0.15) is 11.5 Å². The Bertz CT molecular complexity index is 3200. The molecular formula is C55H34N4O. The van der Waals surface area contributed by atoms with Gasteiger partial charge in [0, 0.05) is 45.0 Å². The normalized spacial score (nSPS) is 12.9. The van der Waals surface area contributed by atoms with Crippen LogP contribution in [0.15, 0.2) is 206 Å². The van der Waals surface area contributed by atoms with Gasteiger partial charge in [0.15, 0.2) is 17.5 Å². The molecule has 0 amide bonds. The molecule has 0 atom stereocenters. The molecule has 0 bridgehead atoms. The zero-order chi connectivity index (χ0) is 39.6. The van der Waals surface area contributed by atoms with Gasteiger partial charge < -0.3 is 4.74 Å². The Hall–Kier alpha value is -8.02. The average molecular weight is 767 g/mol. The molecule has 5 heteroatoms. The summed E-state index contributed by atoms with van der Waals surface area (Å²) < 4.78 is 6.94. The van der Waals surface area contributed by atoms with E-state index in [1.54, 1.807) is 0 Å². The molecule has 0 radical (unpaired) electrons. The Morgan fingerprint density at radius 1 is 0.350 bits per heavy atom. The molecule has 3 heterocycles. The van der Waals surface area contributed by atoms with E-state index in [0.29, 0.717) is 17.5 Å². The Labute approximate surface area is 347 Å². The molecule has 60 heavy (non-hydrogen) atoms. The second-order valence-electron chi connectivity index (χ2n) is 15.4. The fourth-order valence-electron chi connectivity index (χ4n) is 9.36. The Morgan fingerprint density at radius 2 is 0.850 bits per heavy atom. The predicted octanol–water partition coefficient (Wildman–Crippen LogP) is 13.2. The molecule has 5 nitrogen and oxygen atoms in total. The largest absolute Gasteiger partial charge is 0.457 e. The van der Waals surface area contributed by atoms with Gasteiger partial charge in [-0.2, -0.15) is 0 Å². The summed E-state index contributed by atoms with van der Waals surface area (Å²) in [7, 11) is 0. The molecule has 0 saturated heterocycles. The number of fused-ring (bicyclic) bond motifs is 10. The molecule has 0 N–H and O–H groups in total. The lowest BCUT2D eigenvalue weighted by Gasteiger charge is -2.40. The molecule has 0 fully saturated rings. The van der Waals surface area contributed by atoms with Crippen molar-refractivity contribution in [2.75, 3.05) is 0 Å². The minimum atomic E-state index is -0.700. The van der Waals surface area contributed by atoms with Crippen molar-refractivity contribution in [1.82, 2.24) is 19.9 Å². The van der Waals surface area contributed by atoms with Crippen LogP contribution < -0.4 is 4.74 Å². The third kappa shape index (κ3) is 5.26. The van der Waals surface area contributed by atoms with Crippen LogP contribution in [0.5, 0.6) is 11.5 Å². The van der Waals surface area contributed by atoms with E-state index >= 15 is 0 Å². The number of pyridine rings is 1. The van der Waals surface area contributed by atoms with Gasteiger partial charge in [-0.05, 0) is 81.2 Å². The first-order valence-electron chi connectivity index (χ1n) is 20.2. The highest BCUT2D eigenvalue weighted by atomic mass is 16.5. The minimum Gasteiger partial charge on any atom is -0.457 e. The highest BCUT2D eigenvalue weighted by molar-refractivity contribution is 5.95. The smallest absolute Gasteiger partial charge is 0.164 e. The van der Waals surface area contributed by atoms with Gasteiger partial charge in [-0.25, -0.2) is 15.0 Å². The van der Waals surface area contributed by atoms with Crippen LogP contribution in [0.4, 0.5) is 0 Å². The van der Waals surface area contributed by atoms with E-state index in [1.165, 1.54) is 27.6 Å². The van der Waals surface area contributed by atoms with Crippen LogP contribution in [0.1, 0.15) is 22.3 Å². The highest BCUT2D eigenvalue weighted by Gasteiger charge is 2.51. The van der Waals surface area contributed by atoms with Crippen LogP contribution in [0, 0.1) is 0 Å². The van der Waals surface area contributed by atoms with Gasteiger partial charge in [0.25, 0.3) is 0 Å². The van der Waals surface area contributed by atoms with Gasteiger partial charge >= 0.3 is 0 Å². The second kappa shape index (κ2) is 13.5. The maximum Gasteiger partial charge on any atom is 0.164 e. The van der Waals surface area contributed by atoms with Crippen molar-refractivity contribution in [2.24, 2.45) is 0 Å². The fourth-order valence-corrected chi connectivity index (χ4v) is 9.36. The van der Waals surface area contributed by atoms with Crippen LogP contribution >= 0.6 is 0 Å². The number of ether oxygens (including phenoxy) is 1. The molecule has 280 valence electrons. The van der Waals surface area contributed by atoms with E-state index < -0.39 is 5.41 Å². The first-order valence-corrected chi connectivity index (χ1v) is 20.2. The summed E-state index contributed by atoms with van der Waals surface area (Å²) in [5, 5.41) is 2.30. The number of hydrogen-bond acceptors (Lipinski definition) is 5. The van der Waals surface area contributed by atoms with E-state index in [0.717, 1.165) is 67.1 Å². The van der Waals surface area contributed by atoms with Crippen molar-refractivity contribution in [1.29, 1.82) is 0 Å². The summed E-state index contributed by atoms with van der Waals surface area (Å²) in [6.45, 7) is 0. The summed E-state index contributed by atoms with van der Waals surface area (Å²) in [6.07, 6.45) is 1.90. The molecular weight excluding hydrogens is 733 g/mol. The van der Waals surface area contributed by atoms with E-state index in [1.807, 2.05) is 66.9 Å².